The molecule has 3 heteroatoms. The molecule has 0 N–H and O–H groups in total. The third-order valence-corrected chi connectivity index (χ3v) is 2.94. The molecule has 0 saturated carbocycles. The zero-order valence-electron chi connectivity index (χ0n) is 7.76. The summed E-state index contributed by atoms with van der Waals surface area (Å²) in [5.41, 5.74) is 0.793. The van der Waals surface area contributed by atoms with Crippen LogP contribution in [0.15, 0.2) is 54.5 Å². The largest absolute Gasteiger partial charge is 0.224 e. The van der Waals surface area contributed by atoms with Gasteiger partial charge in [-0.15, -0.1) is 0 Å². The van der Waals surface area contributed by atoms with Crippen molar-refractivity contribution < 1.29 is 8.42 Å². The maximum Gasteiger partial charge on any atom is 0.175 e. The van der Waals surface area contributed by atoms with Crippen LogP contribution in [0.1, 0.15) is 5.56 Å². The molecule has 0 fully saturated rings. The predicted molar refractivity (Wildman–Crippen MR) is 58.4 cm³/mol. The maximum absolute atomic E-state index is 11.4. The number of rotatable bonds is 4. The first-order chi connectivity index (χ1) is 6.64. The molecule has 0 radical (unpaired) electrons. The third-order valence-electron chi connectivity index (χ3n) is 1.63. The highest BCUT2D eigenvalue weighted by molar-refractivity contribution is 7.93. The number of benzene rings is 1. The van der Waals surface area contributed by atoms with E-state index in [1.807, 2.05) is 18.2 Å². The van der Waals surface area contributed by atoms with Crippen LogP contribution in [0.5, 0.6) is 0 Å². The normalized spacial score (nSPS) is 11.7. The van der Waals surface area contributed by atoms with Crippen molar-refractivity contribution in [3.63, 3.8) is 0 Å². The molecule has 0 aliphatic rings. The number of hydrogen-bond donors (Lipinski definition) is 0. The first-order valence-electron chi connectivity index (χ1n) is 4.20. The van der Waals surface area contributed by atoms with Gasteiger partial charge in [0.25, 0.3) is 0 Å². The van der Waals surface area contributed by atoms with Crippen LogP contribution in [0.4, 0.5) is 0 Å². The minimum Gasteiger partial charge on any atom is -0.224 e. The highest BCUT2D eigenvalue weighted by atomic mass is 32.2. The molecule has 0 aliphatic carbocycles. The highest BCUT2D eigenvalue weighted by Crippen LogP contribution is 2.06. The van der Waals surface area contributed by atoms with Crippen LogP contribution in [0.25, 0.3) is 0 Å². The molecule has 0 atom stereocenters. The maximum atomic E-state index is 11.4. The Hall–Kier alpha value is -1.35. The van der Waals surface area contributed by atoms with Crippen molar-refractivity contribution in [3.8, 4) is 0 Å². The molecule has 1 aromatic carbocycles. The van der Waals surface area contributed by atoms with Crippen LogP contribution in [0, 0.1) is 0 Å². The monoisotopic (exact) mass is 208 g/mol. The van der Waals surface area contributed by atoms with Crippen LogP contribution < -0.4 is 0 Å². The molecule has 0 aliphatic heterocycles. The van der Waals surface area contributed by atoms with Gasteiger partial charge in [-0.1, -0.05) is 49.1 Å². The molecule has 0 bridgehead atoms. The van der Waals surface area contributed by atoms with Gasteiger partial charge < -0.3 is 0 Å². The van der Waals surface area contributed by atoms with Gasteiger partial charge in [0, 0.05) is 5.41 Å². The van der Waals surface area contributed by atoms with Gasteiger partial charge in [0.15, 0.2) is 9.84 Å². The SMILES string of the molecule is C=CC=CS(=O)(=O)Cc1ccccc1. The summed E-state index contributed by atoms with van der Waals surface area (Å²) < 4.78 is 22.8. The van der Waals surface area contributed by atoms with Gasteiger partial charge in [0.05, 0.1) is 5.75 Å². The zero-order chi connectivity index (χ0) is 10.4. The Balaban J connectivity index is 2.79. The molecule has 0 amide bonds. The van der Waals surface area contributed by atoms with Crippen molar-refractivity contribution in [3.05, 3.63) is 60.0 Å². The van der Waals surface area contributed by atoms with E-state index in [9.17, 15) is 8.42 Å². The smallest absolute Gasteiger partial charge is 0.175 e. The minimum absolute atomic E-state index is 0.0399. The highest BCUT2D eigenvalue weighted by Gasteiger charge is 2.05. The van der Waals surface area contributed by atoms with E-state index in [1.165, 1.54) is 17.6 Å². The predicted octanol–water partition coefficient (Wildman–Crippen LogP) is 2.30. The van der Waals surface area contributed by atoms with Crippen molar-refractivity contribution in [1.29, 1.82) is 0 Å². The van der Waals surface area contributed by atoms with Crippen molar-refractivity contribution >= 4 is 9.84 Å². The van der Waals surface area contributed by atoms with Gasteiger partial charge in [0.2, 0.25) is 0 Å². The summed E-state index contributed by atoms with van der Waals surface area (Å²) in [5, 5.41) is 1.17. The quantitative estimate of drug-likeness (QED) is 0.711. The molecule has 0 heterocycles. The fraction of sp³-hybridized carbons (Fsp3) is 0.0909. The Labute approximate surface area is 84.5 Å². The van der Waals surface area contributed by atoms with Crippen LogP contribution in [0.2, 0.25) is 0 Å². The minimum atomic E-state index is -3.15. The summed E-state index contributed by atoms with van der Waals surface area (Å²) >= 11 is 0. The number of hydrogen-bond acceptors (Lipinski definition) is 2. The van der Waals surface area contributed by atoms with E-state index in [-0.39, 0.29) is 5.75 Å². The van der Waals surface area contributed by atoms with E-state index in [0.29, 0.717) is 0 Å². The molecule has 74 valence electrons. The van der Waals surface area contributed by atoms with Crippen LogP contribution >= 0.6 is 0 Å². The molecule has 0 spiro atoms. The van der Waals surface area contributed by atoms with E-state index < -0.39 is 9.84 Å². The van der Waals surface area contributed by atoms with Crippen LogP contribution in [-0.2, 0) is 15.6 Å². The number of sulfone groups is 1. The van der Waals surface area contributed by atoms with Crippen LogP contribution in [0.3, 0.4) is 0 Å². The van der Waals surface area contributed by atoms with Gasteiger partial charge in [0.1, 0.15) is 0 Å². The van der Waals surface area contributed by atoms with E-state index in [4.69, 9.17) is 0 Å². The standard InChI is InChI=1S/C11H12O2S/c1-2-3-9-14(12,13)10-11-7-5-4-6-8-11/h2-9H,1,10H2. The molecule has 1 aromatic rings. The third kappa shape index (κ3) is 3.58. The van der Waals surface area contributed by atoms with Crippen LogP contribution in [-0.4, -0.2) is 8.42 Å². The second-order valence-corrected chi connectivity index (χ2v) is 4.74. The first-order valence-corrected chi connectivity index (χ1v) is 5.91. The Bertz CT molecular complexity index is 416. The lowest BCUT2D eigenvalue weighted by Gasteiger charge is -1.98. The fourth-order valence-corrected chi connectivity index (χ4v) is 2.13. The molecule has 14 heavy (non-hydrogen) atoms. The second-order valence-electron chi connectivity index (χ2n) is 2.86. The molecule has 0 unspecified atom stereocenters. The Morgan fingerprint density at radius 2 is 1.86 bits per heavy atom. The Morgan fingerprint density at radius 3 is 2.43 bits per heavy atom. The summed E-state index contributed by atoms with van der Waals surface area (Å²) in [6.45, 7) is 3.42. The van der Waals surface area contributed by atoms with Gasteiger partial charge in [-0.05, 0) is 5.56 Å². The first kappa shape index (κ1) is 10.7. The fourth-order valence-electron chi connectivity index (χ4n) is 1.03. The molecule has 0 saturated heterocycles. The second kappa shape index (κ2) is 4.77. The van der Waals surface area contributed by atoms with Gasteiger partial charge in [-0.2, -0.15) is 0 Å². The lowest BCUT2D eigenvalue weighted by Crippen LogP contribution is -1.99. The molecular formula is C11H12O2S. The molecule has 2 nitrogen and oxygen atoms in total. The Morgan fingerprint density at radius 1 is 1.21 bits per heavy atom. The van der Waals surface area contributed by atoms with Gasteiger partial charge in [-0.25, -0.2) is 8.42 Å². The van der Waals surface area contributed by atoms with E-state index >= 15 is 0 Å². The summed E-state index contributed by atoms with van der Waals surface area (Å²) in [6.07, 6.45) is 2.88. The lowest BCUT2D eigenvalue weighted by molar-refractivity contribution is 0.604. The average molecular weight is 208 g/mol. The van der Waals surface area contributed by atoms with E-state index in [0.717, 1.165) is 5.56 Å². The number of allylic oxidation sites excluding steroid dienone is 2. The molecule has 0 aromatic heterocycles. The van der Waals surface area contributed by atoms with Crippen molar-refractivity contribution in [2.24, 2.45) is 0 Å². The van der Waals surface area contributed by atoms with Gasteiger partial charge >= 0.3 is 0 Å². The zero-order valence-corrected chi connectivity index (χ0v) is 8.57. The molecule has 1 rings (SSSR count). The summed E-state index contributed by atoms with van der Waals surface area (Å²) in [7, 11) is -3.15. The topological polar surface area (TPSA) is 34.1 Å². The summed E-state index contributed by atoms with van der Waals surface area (Å²) in [5.74, 6) is 0.0399. The van der Waals surface area contributed by atoms with Gasteiger partial charge in [-0.3, -0.25) is 0 Å². The lowest BCUT2D eigenvalue weighted by atomic mass is 10.2. The Kier molecular flexibility index (Phi) is 3.65. The van der Waals surface area contributed by atoms with E-state index in [1.54, 1.807) is 12.1 Å². The van der Waals surface area contributed by atoms with Crippen molar-refractivity contribution in [2.75, 3.05) is 0 Å². The van der Waals surface area contributed by atoms with Crippen molar-refractivity contribution in [2.45, 2.75) is 5.75 Å². The molecular weight excluding hydrogens is 196 g/mol. The summed E-state index contributed by atoms with van der Waals surface area (Å²) in [6, 6.07) is 9.08. The van der Waals surface area contributed by atoms with E-state index in [2.05, 4.69) is 6.58 Å². The average Bonchev–Trinajstić information content (AvgIpc) is 2.16. The van der Waals surface area contributed by atoms with Crippen molar-refractivity contribution in [1.82, 2.24) is 0 Å². The summed E-state index contributed by atoms with van der Waals surface area (Å²) in [4.78, 5) is 0.